The van der Waals surface area contributed by atoms with Crippen LogP contribution in [0.4, 0.5) is 0 Å². The van der Waals surface area contributed by atoms with Crippen molar-refractivity contribution in [3.05, 3.63) is 11.6 Å². The fourth-order valence-electron chi connectivity index (χ4n) is 2.72. The molecule has 0 amide bonds. The van der Waals surface area contributed by atoms with Crippen LogP contribution in [0.2, 0.25) is 0 Å². The summed E-state index contributed by atoms with van der Waals surface area (Å²) in [4.78, 5) is 11.1. The number of ether oxygens (including phenoxy) is 2. The lowest BCUT2D eigenvalue weighted by Crippen LogP contribution is -2.32. The zero-order valence-corrected chi connectivity index (χ0v) is 11.5. The van der Waals surface area contributed by atoms with E-state index >= 15 is 0 Å². The highest BCUT2D eigenvalue weighted by Crippen LogP contribution is 2.22. The van der Waals surface area contributed by atoms with Gasteiger partial charge in [0.2, 0.25) is 0 Å². The van der Waals surface area contributed by atoms with Crippen LogP contribution in [0.3, 0.4) is 0 Å². The van der Waals surface area contributed by atoms with Gasteiger partial charge in [-0.1, -0.05) is 18.4 Å². The molecule has 1 aliphatic heterocycles. The quantitative estimate of drug-likeness (QED) is 0.593. The Bertz CT molecular complexity index is 324. The SMILES string of the molecule is O=C1C=C(CCCCOC2CCCCC2O)CCO1. The molecule has 4 nitrogen and oxygen atoms in total. The fraction of sp³-hybridized carbons (Fsp3) is 0.800. The van der Waals surface area contributed by atoms with E-state index in [1.54, 1.807) is 6.08 Å². The monoisotopic (exact) mass is 268 g/mol. The highest BCUT2D eigenvalue weighted by atomic mass is 16.5. The number of esters is 1. The van der Waals surface area contributed by atoms with E-state index in [9.17, 15) is 9.90 Å². The van der Waals surface area contributed by atoms with Gasteiger partial charge < -0.3 is 14.6 Å². The molecule has 108 valence electrons. The van der Waals surface area contributed by atoms with Gasteiger partial charge in [-0.15, -0.1) is 0 Å². The van der Waals surface area contributed by atoms with E-state index < -0.39 is 0 Å². The van der Waals surface area contributed by atoms with E-state index in [4.69, 9.17) is 9.47 Å². The number of unbranched alkanes of at least 4 members (excludes halogenated alkanes) is 1. The Labute approximate surface area is 114 Å². The molecule has 1 heterocycles. The largest absolute Gasteiger partial charge is 0.462 e. The van der Waals surface area contributed by atoms with Gasteiger partial charge in [-0.3, -0.25) is 0 Å². The maximum absolute atomic E-state index is 11.1. The summed E-state index contributed by atoms with van der Waals surface area (Å²) in [7, 11) is 0. The highest BCUT2D eigenvalue weighted by Gasteiger charge is 2.23. The van der Waals surface area contributed by atoms with Crippen LogP contribution in [0.1, 0.15) is 51.4 Å². The van der Waals surface area contributed by atoms with Crippen molar-refractivity contribution in [2.24, 2.45) is 0 Å². The average Bonchev–Trinajstić information content (AvgIpc) is 2.40. The van der Waals surface area contributed by atoms with Crippen molar-refractivity contribution in [1.29, 1.82) is 0 Å². The summed E-state index contributed by atoms with van der Waals surface area (Å²) < 4.78 is 10.6. The number of aliphatic hydroxyl groups is 1. The third kappa shape index (κ3) is 4.96. The molecule has 1 saturated carbocycles. The molecule has 2 aliphatic rings. The van der Waals surface area contributed by atoms with Crippen molar-refractivity contribution >= 4 is 5.97 Å². The lowest BCUT2D eigenvalue weighted by Gasteiger charge is -2.27. The summed E-state index contributed by atoms with van der Waals surface area (Å²) >= 11 is 0. The van der Waals surface area contributed by atoms with Crippen molar-refractivity contribution in [2.45, 2.75) is 63.6 Å². The topological polar surface area (TPSA) is 55.8 Å². The summed E-state index contributed by atoms with van der Waals surface area (Å²) in [6, 6.07) is 0. The molecule has 19 heavy (non-hydrogen) atoms. The molecule has 0 radical (unpaired) electrons. The van der Waals surface area contributed by atoms with Gasteiger partial charge in [0, 0.05) is 19.1 Å². The van der Waals surface area contributed by atoms with Crippen LogP contribution < -0.4 is 0 Å². The highest BCUT2D eigenvalue weighted by molar-refractivity contribution is 5.83. The molecular weight excluding hydrogens is 244 g/mol. The van der Waals surface area contributed by atoms with Crippen molar-refractivity contribution in [1.82, 2.24) is 0 Å². The Hall–Kier alpha value is -0.870. The van der Waals surface area contributed by atoms with Crippen LogP contribution in [0.15, 0.2) is 11.6 Å². The summed E-state index contributed by atoms with van der Waals surface area (Å²) in [6.07, 6.45) is 9.36. The Kier molecular flexibility index (Phi) is 5.86. The second kappa shape index (κ2) is 7.65. The number of hydrogen-bond acceptors (Lipinski definition) is 4. The number of carbonyl (C=O) groups excluding carboxylic acids is 1. The smallest absolute Gasteiger partial charge is 0.330 e. The zero-order valence-electron chi connectivity index (χ0n) is 11.5. The maximum atomic E-state index is 11.1. The first-order valence-electron chi connectivity index (χ1n) is 7.41. The molecule has 2 unspecified atom stereocenters. The summed E-state index contributed by atoms with van der Waals surface area (Å²) in [5, 5.41) is 9.77. The number of aliphatic hydroxyl groups excluding tert-OH is 1. The van der Waals surface area contributed by atoms with Gasteiger partial charge in [0.15, 0.2) is 0 Å². The average molecular weight is 268 g/mol. The molecule has 2 rings (SSSR count). The minimum atomic E-state index is -0.274. The summed E-state index contributed by atoms with van der Waals surface area (Å²) in [5.41, 5.74) is 1.19. The Morgan fingerprint density at radius 3 is 2.95 bits per heavy atom. The van der Waals surface area contributed by atoms with Crippen LogP contribution in [0.25, 0.3) is 0 Å². The minimum Gasteiger partial charge on any atom is -0.462 e. The van der Waals surface area contributed by atoms with Gasteiger partial charge >= 0.3 is 5.97 Å². The zero-order chi connectivity index (χ0) is 13.5. The summed E-state index contributed by atoms with van der Waals surface area (Å²) in [6.45, 7) is 1.23. The lowest BCUT2D eigenvalue weighted by atomic mass is 9.95. The van der Waals surface area contributed by atoms with E-state index in [1.807, 2.05) is 0 Å². The third-order valence-corrected chi connectivity index (χ3v) is 3.88. The van der Waals surface area contributed by atoms with Gasteiger partial charge in [0.05, 0.1) is 18.8 Å². The van der Waals surface area contributed by atoms with E-state index in [0.29, 0.717) is 13.2 Å². The molecule has 0 aromatic heterocycles. The number of carbonyl (C=O) groups is 1. The molecule has 1 aliphatic carbocycles. The molecule has 0 aromatic carbocycles. The second-order valence-electron chi connectivity index (χ2n) is 5.44. The van der Waals surface area contributed by atoms with E-state index in [2.05, 4.69) is 0 Å². The number of rotatable bonds is 6. The Morgan fingerprint density at radius 2 is 2.16 bits per heavy atom. The van der Waals surface area contributed by atoms with E-state index in [1.165, 1.54) is 5.57 Å². The number of hydrogen-bond donors (Lipinski definition) is 1. The normalized spacial score (nSPS) is 27.8. The molecule has 0 bridgehead atoms. The van der Waals surface area contributed by atoms with Gasteiger partial charge in [0.25, 0.3) is 0 Å². The van der Waals surface area contributed by atoms with Crippen LogP contribution in [-0.4, -0.2) is 36.5 Å². The fourth-order valence-corrected chi connectivity index (χ4v) is 2.72. The lowest BCUT2D eigenvalue weighted by molar-refractivity contribution is -0.138. The van der Waals surface area contributed by atoms with Gasteiger partial charge in [0.1, 0.15) is 0 Å². The Balaban J connectivity index is 1.55. The molecular formula is C15H24O4. The van der Waals surface area contributed by atoms with Crippen LogP contribution in [0.5, 0.6) is 0 Å². The molecule has 1 fully saturated rings. The van der Waals surface area contributed by atoms with Crippen molar-refractivity contribution in [3.63, 3.8) is 0 Å². The molecule has 0 saturated heterocycles. The Morgan fingerprint density at radius 1 is 1.32 bits per heavy atom. The van der Waals surface area contributed by atoms with Crippen LogP contribution in [-0.2, 0) is 14.3 Å². The van der Waals surface area contributed by atoms with Gasteiger partial charge in [-0.05, 0) is 32.1 Å². The van der Waals surface area contributed by atoms with Crippen molar-refractivity contribution in [2.75, 3.05) is 13.2 Å². The molecule has 0 aromatic rings. The number of cyclic esters (lactones) is 1. The first-order chi connectivity index (χ1) is 9.25. The molecule has 4 heteroatoms. The first kappa shape index (κ1) is 14.5. The first-order valence-corrected chi connectivity index (χ1v) is 7.41. The minimum absolute atomic E-state index is 0.0395. The maximum Gasteiger partial charge on any atom is 0.330 e. The molecule has 1 N–H and O–H groups in total. The van der Waals surface area contributed by atoms with Crippen molar-refractivity contribution in [3.8, 4) is 0 Å². The molecule has 2 atom stereocenters. The van der Waals surface area contributed by atoms with Crippen LogP contribution in [0, 0.1) is 0 Å². The summed E-state index contributed by atoms with van der Waals surface area (Å²) in [5.74, 6) is -0.206. The predicted molar refractivity (Wildman–Crippen MR) is 71.7 cm³/mol. The van der Waals surface area contributed by atoms with E-state index in [-0.39, 0.29) is 18.2 Å². The third-order valence-electron chi connectivity index (χ3n) is 3.88. The van der Waals surface area contributed by atoms with Crippen LogP contribution >= 0.6 is 0 Å². The molecule has 0 spiro atoms. The van der Waals surface area contributed by atoms with Gasteiger partial charge in [-0.25, -0.2) is 4.79 Å². The van der Waals surface area contributed by atoms with Gasteiger partial charge in [-0.2, -0.15) is 0 Å². The standard InChI is InChI=1S/C15H24O4/c16-13-6-1-2-7-14(13)18-9-4-3-5-12-8-10-19-15(17)11-12/h11,13-14,16H,1-10H2. The van der Waals surface area contributed by atoms with E-state index in [0.717, 1.165) is 51.4 Å². The predicted octanol–water partition coefficient (Wildman–Crippen LogP) is 2.35. The second-order valence-corrected chi connectivity index (χ2v) is 5.44. The van der Waals surface area contributed by atoms with Crippen molar-refractivity contribution < 1.29 is 19.4 Å².